The van der Waals surface area contributed by atoms with Gasteiger partial charge in [0.25, 0.3) is 0 Å². The molecule has 2 unspecified atom stereocenters. The normalized spacial score (nSPS) is 12.8. The van der Waals surface area contributed by atoms with Crippen LogP contribution in [0, 0.1) is 6.92 Å². The molecule has 5 aromatic carbocycles. The highest BCUT2D eigenvalue weighted by Crippen LogP contribution is 2.35. The van der Waals surface area contributed by atoms with Crippen LogP contribution in [0.15, 0.2) is 155 Å². The Morgan fingerprint density at radius 3 is 1.51 bits per heavy atom. The van der Waals surface area contributed by atoms with Crippen LogP contribution >= 0.6 is 0 Å². The van der Waals surface area contributed by atoms with E-state index in [1.165, 1.54) is 0 Å². The van der Waals surface area contributed by atoms with E-state index in [1.54, 1.807) is 12.1 Å². The Morgan fingerprint density at radius 2 is 1.03 bits per heavy atom. The molecule has 0 saturated carbocycles. The molecule has 0 aliphatic rings. The van der Waals surface area contributed by atoms with Crippen LogP contribution in [0.5, 0.6) is 0 Å². The number of rotatable bonds is 9. The third kappa shape index (κ3) is 6.40. The molecule has 4 nitrogen and oxygen atoms in total. The van der Waals surface area contributed by atoms with Gasteiger partial charge in [0.1, 0.15) is 0 Å². The van der Waals surface area contributed by atoms with E-state index in [2.05, 4.69) is 4.72 Å². The third-order valence-electron chi connectivity index (χ3n) is 6.59. The molecule has 39 heavy (non-hydrogen) atoms. The highest BCUT2D eigenvalue weighted by Gasteiger charge is 2.30. The maximum absolute atomic E-state index is 13.7. The molecule has 5 aromatic rings. The summed E-state index contributed by atoms with van der Waals surface area (Å²) in [5.41, 5.74) is 5.43. The van der Waals surface area contributed by atoms with E-state index in [4.69, 9.17) is 4.99 Å². The standard InChI is InChI=1S/C34H30N2O2S/c1-26-22-24-31(25-23-26)39(37,38)36-34(30-20-12-5-13-21-30)33(29-18-10-4-11-19-29)35-32(27-14-6-2-7-15-27)28-16-8-3-9-17-28/h2-25,33-34,36H,1H3. The van der Waals surface area contributed by atoms with E-state index >= 15 is 0 Å². The van der Waals surface area contributed by atoms with Gasteiger partial charge in [0.2, 0.25) is 10.0 Å². The number of sulfonamides is 1. The van der Waals surface area contributed by atoms with Crippen molar-refractivity contribution >= 4 is 15.7 Å². The topological polar surface area (TPSA) is 58.5 Å². The molecular formula is C34H30N2O2S. The molecule has 5 heteroatoms. The lowest BCUT2D eigenvalue weighted by Gasteiger charge is -2.27. The molecule has 0 aliphatic heterocycles. The lowest BCUT2D eigenvalue weighted by molar-refractivity contribution is 0.506. The summed E-state index contributed by atoms with van der Waals surface area (Å²) in [6.45, 7) is 1.94. The van der Waals surface area contributed by atoms with E-state index in [-0.39, 0.29) is 4.90 Å². The Kier molecular flexibility index (Phi) is 8.11. The summed E-state index contributed by atoms with van der Waals surface area (Å²) in [7, 11) is -3.86. The average Bonchev–Trinajstić information content (AvgIpc) is 2.99. The van der Waals surface area contributed by atoms with E-state index < -0.39 is 22.1 Å². The van der Waals surface area contributed by atoms with Crippen LogP contribution in [0.25, 0.3) is 0 Å². The monoisotopic (exact) mass is 530 g/mol. The first-order valence-corrected chi connectivity index (χ1v) is 14.4. The Bertz CT molecular complexity index is 1580. The van der Waals surface area contributed by atoms with Crippen molar-refractivity contribution in [1.82, 2.24) is 4.72 Å². The third-order valence-corrected chi connectivity index (χ3v) is 8.05. The number of hydrogen-bond acceptors (Lipinski definition) is 3. The number of aliphatic imine (C=N–C) groups is 1. The number of nitrogens with one attached hydrogen (secondary N) is 1. The molecule has 0 aliphatic carbocycles. The number of nitrogens with zero attached hydrogens (tertiary/aromatic N) is 1. The van der Waals surface area contributed by atoms with Crippen LogP contribution in [0.3, 0.4) is 0 Å². The van der Waals surface area contributed by atoms with Crippen molar-refractivity contribution in [2.45, 2.75) is 23.9 Å². The zero-order valence-corrected chi connectivity index (χ0v) is 22.5. The molecule has 0 bridgehead atoms. The Labute approximate surface area is 230 Å². The SMILES string of the molecule is Cc1ccc(S(=O)(=O)NC(c2ccccc2)C(N=C(c2ccccc2)c2ccccc2)c2ccccc2)cc1. The van der Waals surface area contributed by atoms with Crippen molar-refractivity contribution in [2.24, 2.45) is 4.99 Å². The van der Waals surface area contributed by atoms with E-state index in [0.717, 1.165) is 33.5 Å². The number of hydrogen-bond donors (Lipinski definition) is 1. The van der Waals surface area contributed by atoms with Crippen LogP contribution in [0.4, 0.5) is 0 Å². The largest absolute Gasteiger partial charge is 0.274 e. The predicted molar refractivity (Wildman–Crippen MR) is 158 cm³/mol. The van der Waals surface area contributed by atoms with Gasteiger partial charge in [-0.05, 0) is 30.2 Å². The maximum atomic E-state index is 13.7. The molecule has 2 atom stereocenters. The van der Waals surface area contributed by atoms with Crippen molar-refractivity contribution < 1.29 is 8.42 Å². The molecule has 0 heterocycles. The molecule has 0 aromatic heterocycles. The summed E-state index contributed by atoms with van der Waals surface area (Å²) in [5, 5.41) is 0. The van der Waals surface area contributed by atoms with Crippen LogP contribution in [-0.2, 0) is 10.0 Å². The van der Waals surface area contributed by atoms with Gasteiger partial charge in [0.15, 0.2) is 0 Å². The quantitative estimate of drug-likeness (QED) is 0.203. The minimum absolute atomic E-state index is 0.219. The highest BCUT2D eigenvalue weighted by atomic mass is 32.2. The summed E-state index contributed by atoms with van der Waals surface area (Å²) in [6, 6.07) is 45.2. The van der Waals surface area contributed by atoms with Crippen LogP contribution in [0.2, 0.25) is 0 Å². The van der Waals surface area contributed by atoms with Gasteiger partial charge < -0.3 is 0 Å². The fourth-order valence-corrected chi connectivity index (χ4v) is 5.80. The summed E-state index contributed by atoms with van der Waals surface area (Å²) < 4.78 is 30.5. The van der Waals surface area contributed by atoms with Gasteiger partial charge >= 0.3 is 0 Å². The van der Waals surface area contributed by atoms with Gasteiger partial charge in [0.05, 0.1) is 22.7 Å². The van der Waals surface area contributed by atoms with Crippen LogP contribution in [-0.4, -0.2) is 14.1 Å². The number of benzene rings is 5. The second-order valence-corrected chi connectivity index (χ2v) is 11.1. The smallest absolute Gasteiger partial charge is 0.241 e. The molecule has 5 rings (SSSR count). The van der Waals surface area contributed by atoms with Crippen LogP contribution in [0.1, 0.15) is 39.9 Å². The van der Waals surface area contributed by atoms with E-state index in [9.17, 15) is 8.42 Å². The molecular weight excluding hydrogens is 500 g/mol. The first-order chi connectivity index (χ1) is 19.0. The zero-order chi connectivity index (χ0) is 27.1. The van der Waals surface area contributed by atoms with Gasteiger partial charge in [-0.2, -0.15) is 0 Å². The van der Waals surface area contributed by atoms with Crippen molar-refractivity contribution in [3.8, 4) is 0 Å². The lowest BCUT2D eigenvalue weighted by atomic mass is 9.93. The molecule has 1 N–H and O–H groups in total. The summed E-state index contributed by atoms with van der Waals surface area (Å²) in [4.78, 5) is 5.56. The predicted octanol–water partition coefficient (Wildman–Crippen LogP) is 7.29. The Hall–Kier alpha value is -4.32. The fraction of sp³-hybridized carbons (Fsp3) is 0.0882. The molecule has 0 radical (unpaired) electrons. The Morgan fingerprint density at radius 1 is 0.590 bits per heavy atom. The minimum atomic E-state index is -3.86. The van der Waals surface area contributed by atoms with Gasteiger partial charge in [0, 0.05) is 11.1 Å². The first kappa shape index (κ1) is 26.3. The molecule has 0 fully saturated rings. The molecule has 0 spiro atoms. The van der Waals surface area contributed by atoms with Gasteiger partial charge in [-0.15, -0.1) is 0 Å². The highest BCUT2D eigenvalue weighted by molar-refractivity contribution is 7.89. The zero-order valence-electron chi connectivity index (χ0n) is 21.7. The van der Waals surface area contributed by atoms with Crippen molar-refractivity contribution in [2.75, 3.05) is 0 Å². The van der Waals surface area contributed by atoms with Gasteiger partial charge in [-0.3, -0.25) is 4.99 Å². The molecule has 194 valence electrons. The number of aryl methyl sites for hydroxylation is 1. The van der Waals surface area contributed by atoms with E-state index in [0.29, 0.717) is 0 Å². The minimum Gasteiger partial charge on any atom is -0.274 e. The Balaban J connectivity index is 1.70. The lowest BCUT2D eigenvalue weighted by Crippen LogP contribution is -2.32. The first-order valence-electron chi connectivity index (χ1n) is 12.9. The average molecular weight is 531 g/mol. The van der Waals surface area contributed by atoms with Crippen molar-refractivity contribution in [3.05, 3.63) is 173 Å². The fourth-order valence-electron chi connectivity index (χ4n) is 4.57. The van der Waals surface area contributed by atoms with Crippen LogP contribution < -0.4 is 4.72 Å². The molecule has 0 amide bonds. The second-order valence-electron chi connectivity index (χ2n) is 9.39. The summed E-state index contributed by atoms with van der Waals surface area (Å²) >= 11 is 0. The second kappa shape index (κ2) is 12.0. The van der Waals surface area contributed by atoms with Crippen molar-refractivity contribution in [1.29, 1.82) is 0 Å². The van der Waals surface area contributed by atoms with Gasteiger partial charge in [-0.1, -0.05) is 139 Å². The maximum Gasteiger partial charge on any atom is 0.241 e. The van der Waals surface area contributed by atoms with Gasteiger partial charge in [-0.25, -0.2) is 13.1 Å². The molecule has 0 saturated heterocycles. The summed E-state index contributed by atoms with van der Waals surface area (Å²) in [6.07, 6.45) is 0. The van der Waals surface area contributed by atoms with Crippen molar-refractivity contribution in [3.63, 3.8) is 0 Å². The summed E-state index contributed by atoms with van der Waals surface area (Å²) in [5.74, 6) is 0. The van der Waals surface area contributed by atoms with E-state index in [1.807, 2.05) is 140 Å².